The first-order valence-corrected chi connectivity index (χ1v) is 9.44. The van der Waals surface area contributed by atoms with E-state index in [0.717, 1.165) is 31.5 Å². The minimum absolute atomic E-state index is 0.156. The maximum atomic E-state index is 13.0. The van der Waals surface area contributed by atoms with Crippen LogP contribution in [0.2, 0.25) is 0 Å². The van der Waals surface area contributed by atoms with Crippen LogP contribution in [0.1, 0.15) is 16.8 Å². The Balaban J connectivity index is 1.98. The summed E-state index contributed by atoms with van der Waals surface area (Å²) in [5, 5.41) is 10.4. The Morgan fingerprint density at radius 3 is 2.64 bits per heavy atom. The lowest BCUT2D eigenvalue weighted by atomic mass is 10.1. The molecule has 0 unspecified atom stereocenters. The van der Waals surface area contributed by atoms with E-state index in [4.69, 9.17) is 5.11 Å². The van der Waals surface area contributed by atoms with E-state index < -0.39 is 23.8 Å². The second kappa shape index (κ2) is 6.72. The fraction of sp³-hybridized carbons (Fsp3) is 0.200. The first-order chi connectivity index (χ1) is 13.4. The molecule has 4 aromatic rings. The van der Waals surface area contributed by atoms with Gasteiger partial charge in [0.25, 0.3) is 5.56 Å². The molecule has 0 saturated heterocycles. The van der Waals surface area contributed by atoms with Gasteiger partial charge in [-0.2, -0.15) is 4.37 Å². The molecule has 0 fully saturated rings. The molecule has 28 heavy (non-hydrogen) atoms. The number of carbonyl (C=O) groups is 1. The smallest absolute Gasteiger partial charge is 0.332 e. The number of nitrogens with zero attached hydrogens (tertiary/aromatic N) is 3. The zero-order valence-corrected chi connectivity index (χ0v) is 16.1. The molecule has 142 valence electrons. The highest BCUT2D eigenvalue weighted by atomic mass is 32.1. The third kappa shape index (κ3) is 2.91. The Morgan fingerprint density at radius 1 is 1.14 bits per heavy atom. The van der Waals surface area contributed by atoms with Gasteiger partial charge in [0.2, 0.25) is 0 Å². The van der Waals surface area contributed by atoms with Gasteiger partial charge in [0.1, 0.15) is 6.54 Å². The summed E-state index contributed by atoms with van der Waals surface area (Å²) in [6.45, 7) is 3.49. The van der Waals surface area contributed by atoms with Crippen LogP contribution in [0.4, 0.5) is 0 Å². The van der Waals surface area contributed by atoms with E-state index in [1.54, 1.807) is 24.3 Å². The first kappa shape index (κ1) is 18.1. The van der Waals surface area contributed by atoms with Gasteiger partial charge in [0.05, 0.1) is 27.8 Å². The van der Waals surface area contributed by atoms with Crippen LogP contribution in [0.5, 0.6) is 0 Å². The van der Waals surface area contributed by atoms with Crippen molar-refractivity contribution in [2.75, 3.05) is 0 Å². The van der Waals surface area contributed by atoms with Crippen LogP contribution < -0.4 is 11.2 Å². The average molecular weight is 395 g/mol. The van der Waals surface area contributed by atoms with Crippen LogP contribution in [0.15, 0.2) is 46.0 Å². The molecule has 0 aliphatic heterocycles. The van der Waals surface area contributed by atoms with Gasteiger partial charge in [-0.25, -0.2) is 9.36 Å². The van der Waals surface area contributed by atoms with Gasteiger partial charge in [-0.1, -0.05) is 18.2 Å². The van der Waals surface area contributed by atoms with Crippen LogP contribution in [-0.4, -0.2) is 24.6 Å². The molecule has 4 rings (SSSR count). The zero-order chi connectivity index (χ0) is 20.0. The number of carboxylic acid groups (broad SMARTS) is 1. The SMILES string of the molecule is Cc1cc(C)c2c(Cn3c(=O)n(CC(=O)O)c(=O)c4ccccc43)nsc2c1. The number of carboxylic acids is 1. The Bertz CT molecular complexity index is 1360. The van der Waals surface area contributed by atoms with E-state index in [2.05, 4.69) is 16.5 Å². The van der Waals surface area contributed by atoms with Crippen molar-refractivity contribution >= 4 is 38.5 Å². The summed E-state index contributed by atoms with van der Waals surface area (Å²) in [7, 11) is 0. The molecule has 0 atom stereocenters. The van der Waals surface area contributed by atoms with Crippen molar-refractivity contribution in [1.82, 2.24) is 13.5 Å². The Morgan fingerprint density at radius 2 is 1.89 bits per heavy atom. The molecule has 1 N–H and O–H groups in total. The van der Waals surface area contributed by atoms with Crippen LogP contribution in [0.25, 0.3) is 21.0 Å². The maximum Gasteiger partial charge on any atom is 0.332 e. The lowest BCUT2D eigenvalue weighted by molar-refractivity contribution is -0.137. The van der Waals surface area contributed by atoms with Crippen LogP contribution in [0, 0.1) is 13.8 Å². The number of aliphatic carboxylic acids is 1. The summed E-state index contributed by atoms with van der Waals surface area (Å²) in [6, 6.07) is 10.8. The van der Waals surface area contributed by atoms with Gasteiger partial charge < -0.3 is 5.11 Å². The van der Waals surface area contributed by atoms with E-state index in [0.29, 0.717) is 10.9 Å². The number of rotatable bonds is 4. The predicted molar refractivity (Wildman–Crippen MR) is 108 cm³/mol. The second-order valence-corrected chi connectivity index (χ2v) is 7.56. The molecule has 0 amide bonds. The van der Waals surface area contributed by atoms with Gasteiger partial charge in [-0.15, -0.1) is 0 Å². The number of hydrogen-bond acceptors (Lipinski definition) is 5. The first-order valence-electron chi connectivity index (χ1n) is 8.66. The number of benzene rings is 2. The molecule has 2 heterocycles. The molecule has 7 nitrogen and oxygen atoms in total. The second-order valence-electron chi connectivity index (χ2n) is 6.76. The number of fused-ring (bicyclic) bond motifs is 2. The molecule has 0 bridgehead atoms. The minimum Gasteiger partial charge on any atom is -0.480 e. The van der Waals surface area contributed by atoms with E-state index in [1.165, 1.54) is 16.1 Å². The molecule has 2 aromatic carbocycles. The minimum atomic E-state index is -1.24. The Hall–Kier alpha value is -3.26. The van der Waals surface area contributed by atoms with Crippen molar-refractivity contribution in [2.24, 2.45) is 0 Å². The van der Waals surface area contributed by atoms with E-state index >= 15 is 0 Å². The van der Waals surface area contributed by atoms with Gasteiger partial charge in [0, 0.05) is 5.39 Å². The van der Waals surface area contributed by atoms with Crippen LogP contribution >= 0.6 is 11.5 Å². The topological polar surface area (TPSA) is 94.2 Å². The number of hydrogen-bond donors (Lipinski definition) is 1. The highest BCUT2D eigenvalue weighted by Gasteiger charge is 2.17. The Kier molecular flexibility index (Phi) is 4.35. The summed E-state index contributed by atoms with van der Waals surface area (Å²) >= 11 is 1.36. The van der Waals surface area contributed by atoms with Crippen LogP contribution in [-0.2, 0) is 17.9 Å². The molecule has 0 radical (unpaired) electrons. The van der Waals surface area contributed by atoms with Gasteiger partial charge in [-0.05, 0) is 54.7 Å². The maximum absolute atomic E-state index is 13.0. The summed E-state index contributed by atoms with van der Waals surface area (Å²) in [6.07, 6.45) is 0. The molecule has 8 heteroatoms. The van der Waals surface area contributed by atoms with Crippen LogP contribution in [0.3, 0.4) is 0 Å². The lowest BCUT2D eigenvalue weighted by Crippen LogP contribution is -2.41. The van der Waals surface area contributed by atoms with Gasteiger partial charge in [0.15, 0.2) is 0 Å². The van der Waals surface area contributed by atoms with Gasteiger partial charge in [-0.3, -0.25) is 14.2 Å². The predicted octanol–water partition coefficient (Wildman–Crippen LogP) is 2.52. The third-order valence-electron chi connectivity index (χ3n) is 4.72. The number of para-hydroxylation sites is 1. The highest BCUT2D eigenvalue weighted by Crippen LogP contribution is 2.28. The van der Waals surface area contributed by atoms with E-state index in [1.807, 2.05) is 13.8 Å². The number of aryl methyl sites for hydroxylation is 2. The van der Waals surface area contributed by atoms with E-state index in [9.17, 15) is 14.4 Å². The van der Waals surface area contributed by atoms with Gasteiger partial charge >= 0.3 is 11.7 Å². The monoisotopic (exact) mass is 395 g/mol. The van der Waals surface area contributed by atoms with Crippen molar-refractivity contribution in [3.05, 3.63) is 74.1 Å². The molecule has 0 saturated carbocycles. The standard InChI is InChI=1S/C20H17N3O4S/c1-11-7-12(2)18-14(21-28-16(18)8-11)9-22-15-6-4-3-5-13(15)19(26)23(20(22)27)10-17(24)25/h3-8H,9-10H2,1-2H3,(H,24,25). The quantitative estimate of drug-likeness (QED) is 0.573. The van der Waals surface area contributed by atoms with Crippen molar-refractivity contribution in [2.45, 2.75) is 26.9 Å². The van der Waals surface area contributed by atoms with Crippen molar-refractivity contribution in [1.29, 1.82) is 0 Å². The highest BCUT2D eigenvalue weighted by molar-refractivity contribution is 7.13. The third-order valence-corrected chi connectivity index (χ3v) is 5.55. The lowest BCUT2D eigenvalue weighted by Gasteiger charge is -2.13. The number of aromatic nitrogens is 3. The summed E-state index contributed by atoms with van der Waals surface area (Å²) in [4.78, 5) is 36.8. The fourth-order valence-corrected chi connectivity index (χ4v) is 4.54. The van der Waals surface area contributed by atoms with Crippen molar-refractivity contribution in [3.8, 4) is 0 Å². The molecular formula is C20H17N3O4S. The Labute approximate surface area is 163 Å². The molecular weight excluding hydrogens is 378 g/mol. The zero-order valence-electron chi connectivity index (χ0n) is 15.3. The summed E-state index contributed by atoms with van der Waals surface area (Å²) in [5.74, 6) is -1.24. The normalized spacial score (nSPS) is 11.4. The molecule has 0 aliphatic rings. The van der Waals surface area contributed by atoms with Crippen molar-refractivity contribution in [3.63, 3.8) is 0 Å². The molecule has 0 spiro atoms. The molecule has 2 aromatic heterocycles. The summed E-state index contributed by atoms with van der Waals surface area (Å²) in [5.41, 5.74) is 2.13. The molecule has 0 aliphatic carbocycles. The van der Waals surface area contributed by atoms with E-state index in [-0.39, 0.29) is 6.54 Å². The average Bonchev–Trinajstić information content (AvgIpc) is 3.05. The fourth-order valence-electron chi connectivity index (χ4n) is 3.58. The van der Waals surface area contributed by atoms with Crippen molar-refractivity contribution < 1.29 is 9.90 Å². The summed E-state index contributed by atoms with van der Waals surface area (Å²) < 4.78 is 7.75. The largest absolute Gasteiger partial charge is 0.480 e.